The lowest BCUT2D eigenvalue weighted by Gasteiger charge is -2.16. The lowest BCUT2D eigenvalue weighted by molar-refractivity contribution is 0.133. The molecule has 0 saturated carbocycles. The molecule has 0 fully saturated rings. The first-order chi connectivity index (χ1) is 8.18. The molecule has 0 spiro atoms. The minimum absolute atomic E-state index is 0.332. The van der Waals surface area contributed by atoms with E-state index < -0.39 is 0 Å². The summed E-state index contributed by atoms with van der Waals surface area (Å²) < 4.78 is 5.51. The molecule has 0 heterocycles. The van der Waals surface area contributed by atoms with Crippen LogP contribution in [0.15, 0.2) is 30.3 Å². The summed E-state index contributed by atoms with van der Waals surface area (Å²) in [5, 5.41) is 12.8. The van der Waals surface area contributed by atoms with Gasteiger partial charge in [0.05, 0.1) is 6.10 Å². The van der Waals surface area contributed by atoms with E-state index in [1.807, 2.05) is 49.3 Å². The molecule has 2 N–H and O–H groups in total. The number of nitrogens with zero attached hydrogens (tertiary/aromatic N) is 1. The number of hydrogen-bond donors (Lipinski definition) is 2. The Kier molecular flexibility index (Phi) is 6.62. The number of ether oxygens (including phenoxy) is 1. The van der Waals surface area contributed by atoms with Crippen molar-refractivity contribution in [1.82, 2.24) is 10.2 Å². The molecule has 96 valence electrons. The standard InChI is InChI=1S/C13H22N2O2/c1-15(2)11-12(16)10-14-8-9-17-13-6-4-3-5-7-13/h3-7,12,14,16H,8-11H2,1-2H3. The number of rotatable bonds is 8. The fourth-order valence-electron chi connectivity index (χ4n) is 1.51. The first-order valence-electron chi connectivity index (χ1n) is 5.90. The molecule has 1 unspecified atom stereocenters. The summed E-state index contributed by atoms with van der Waals surface area (Å²) in [4.78, 5) is 1.97. The van der Waals surface area contributed by atoms with Gasteiger partial charge in [-0.3, -0.25) is 0 Å². The van der Waals surface area contributed by atoms with Crippen molar-refractivity contribution in [3.63, 3.8) is 0 Å². The third-order valence-electron chi connectivity index (χ3n) is 2.25. The van der Waals surface area contributed by atoms with Gasteiger partial charge in [-0.15, -0.1) is 0 Å². The van der Waals surface area contributed by atoms with E-state index in [9.17, 15) is 5.11 Å². The van der Waals surface area contributed by atoms with E-state index in [1.165, 1.54) is 0 Å². The van der Waals surface area contributed by atoms with Gasteiger partial charge in [0.1, 0.15) is 12.4 Å². The van der Waals surface area contributed by atoms with Gasteiger partial charge in [0.2, 0.25) is 0 Å². The van der Waals surface area contributed by atoms with E-state index in [2.05, 4.69) is 5.32 Å². The highest BCUT2D eigenvalue weighted by atomic mass is 16.5. The minimum Gasteiger partial charge on any atom is -0.492 e. The molecular formula is C13H22N2O2. The zero-order chi connectivity index (χ0) is 12.5. The summed E-state index contributed by atoms with van der Waals surface area (Å²) in [6, 6.07) is 9.72. The number of nitrogens with one attached hydrogen (secondary N) is 1. The summed E-state index contributed by atoms with van der Waals surface area (Å²) in [6.07, 6.45) is -0.332. The largest absolute Gasteiger partial charge is 0.492 e. The average molecular weight is 238 g/mol. The molecule has 1 rings (SSSR count). The molecule has 1 aromatic rings. The fraction of sp³-hybridized carbons (Fsp3) is 0.538. The predicted octanol–water partition coefficient (Wildman–Crippen LogP) is 0.578. The second-order valence-corrected chi connectivity index (χ2v) is 4.28. The third-order valence-corrected chi connectivity index (χ3v) is 2.25. The Hall–Kier alpha value is -1.10. The number of benzene rings is 1. The highest BCUT2D eigenvalue weighted by molar-refractivity contribution is 5.20. The monoisotopic (exact) mass is 238 g/mol. The van der Waals surface area contributed by atoms with E-state index in [-0.39, 0.29) is 6.10 Å². The molecule has 0 aliphatic carbocycles. The molecule has 17 heavy (non-hydrogen) atoms. The molecule has 0 radical (unpaired) electrons. The van der Waals surface area contributed by atoms with Crippen LogP contribution in [0.1, 0.15) is 0 Å². The van der Waals surface area contributed by atoms with Crippen molar-refractivity contribution in [1.29, 1.82) is 0 Å². The molecule has 0 aliphatic rings. The lowest BCUT2D eigenvalue weighted by Crippen LogP contribution is -2.36. The zero-order valence-electron chi connectivity index (χ0n) is 10.6. The smallest absolute Gasteiger partial charge is 0.119 e. The topological polar surface area (TPSA) is 44.7 Å². The zero-order valence-corrected chi connectivity index (χ0v) is 10.6. The maximum absolute atomic E-state index is 9.59. The van der Waals surface area contributed by atoms with Gasteiger partial charge in [-0.1, -0.05) is 18.2 Å². The SMILES string of the molecule is CN(C)CC(O)CNCCOc1ccccc1. The van der Waals surface area contributed by atoms with Crippen LogP contribution in [0.2, 0.25) is 0 Å². The first-order valence-corrected chi connectivity index (χ1v) is 5.90. The van der Waals surface area contributed by atoms with Crippen LogP contribution in [0.25, 0.3) is 0 Å². The maximum atomic E-state index is 9.59. The van der Waals surface area contributed by atoms with Crippen LogP contribution in [0, 0.1) is 0 Å². The Labute approximate surface area is 103 Å². The lowest BCUT2D eigenvalue weighted by atomic mass is 10.3. The maximum Gasteiger partial charge on any atom is 0.119 e. The molecule has 0 bridgehead atoms. The average Bonchev–Trinajstić information content (AvgIpc) is 2.29. The first kappa shape index (κ1) is 14.0. The van der Waals surface area contributed by atoms with Crippen LogP contribution in [0.5, 0.6) is 5.75 Å². The Bertz CT molecular complexity index is 291. The van der Waals surface area contributed by atoms with E-state index in [4.69, 9.17) is 4.74 Å². The highest BCUT2D eigenvalue weighted by Gasteiger charge is 2.03. The molecular weight excluding hydrogens is 216 g/mol. The van der Waals surface area contributed by atoms with Gasteiger partial charge in [0.25, 0.3) is 0 Å². The molecule has 4 nitrogen and oxygen atoms in total. The van der Waals surface area contributed by atoms with Gasteiger partial charge < -0.3 is 20.1 Å². The van der Waals surface area contributed by atoms with Crippen molar-refractivity contribution in [2.45, 2.75) is 6.10 Å². The van der Waals surface area contributed by atoms with Crippen LogP contribution < -0.4 is 10.1 Å². The summed E-state index contributed by atoms with van der Waals surface area (Å²) in [5.41, 5.74) is 0. The number of para-hydroxylation sites is 1. The molecule has 0 amide bonds. The van der Waals surface area contributed by atoms with E-state index in [1.54, 1.807) is 0 Å². The van der Waals surface area contributed by atoms with Gasteiger partial charge in [-0.25, -0.2) is 0 Å². The van der Waals surface area contributed by atoms with Gasteiger partial charge in [0, 0.05) is 19.6 Å². The van der Waals surface area contributed by atoms with Crippen LogP contribution in [-0.4, -0.2) is 56.4 Å². The van der Waals surface area contributed by atoms with Crippen molar-refractivity contribution < 1.29 is 9.84 Å². The van der Waals surface area contributed by atoms with Crippen molar-refractivity contribution >= 4 is 0 Å². The van der Waals surface area contributed by atoms with Crippen molar-refractivity contribution in [2.24, 2.45) is 0 Å². The van der Waals surface area contributed by atoms with Crippen LogP contribution >= 0.6 is 0 Å². The Balaban J connectivity index is 2.01. The van der Waals surface area contributed by atoms with Gasteiger partial charge >= 0.3 is 0 Å². The fourth-order valence-corrected chi connectivity index (χ4v) is 1.51. The van der Waals surface area contributed by atoms with Crippen molar-refractivity contribution in [3.05, 3.63) is 30.3 Å². The molecule has 4 heteroatoms. The van der Waals surface area contributed by atoms with E-state index in [0.717, 1.165) is 12.3 Å². The molecule has 0 aliphatic heterocycles. The number of likely N-dealkylation sites (N-methyl/N-ethyl adjacent to an activating group) is 1. The van der Waals surface area contributed by atoms with Gasteiger partial charge in [0.15, 0.2) is 0 Å². The van der Waals surface area contributed by atoms with E-state index in [0.29, 0.717) is 19.7 Å². The summed E-state index contributed by atoms with van der Waals surface area (Å²) >= 11 is 0. The van der Waals surface area contributed by atoms with Crippen molar-refractivity contribution in [2.75, 3.05) is 40.3 Å². The Morgan fingerprint density at radius 2 is 2.00 bits per heavy atom. The molecule has 0 saturated heterocycles. The normalized spacial score (nSPS) is 12.7. The molecule has 1 atom stereocenters. The summed E-state index contributed by atoms with van der Waals surface area (Å²) in [7, 11) is 3.89. The number of aliphatic hydroxyl groups is 1. The summed E-state index contributed by atoms with van der Waals surface area (Å²) in [6.45, 7) is 2.61. The Morgan fingerprint density at radius 3 is 2.65 bits per heavy atom. The van der Waals surface area contributed by atoms with Crippen molar-refractivity contribution in [3.8, 4) is 5.75 Å². The van der Waals surface area contributed by atoms with Crippen LogP contribution in [-0.2, 0) is 0 Å². The summed E-state index contributed by atoms with van der Waals surface area (Å²) in [5.74, 6) is 0.878. The molecule has 0 aromatic heterocycles. The second-order valence-electron chi connectivity index (χ2n) is 4.28. The molecule has 1 aromatic carbocycles. The van der Waals surface area contributed by atoms with Crippen LogP contribution in [0.3, 0.4) is 0 Å². The third kappa shape index (κ3) is 6.94. The second kappa shape index (κ2) is 8.06. The van der Waals surface area contributed by atoms with Gasteiger partial charge in [-0.05, 0) is 26.2 Å². The quantitative estimate of drug-likeness (QED) is 0.650. The minimum atomic E-state index is -0.332. The van der Waals surface area contributed by atoms with E-state index >= 15 is 0 Å². The predicted molar refractivity (Wildman–Crippen MR) is 69.4 cm³/mol. The van der Waals surface area contributed by atoms with Gasteiger partial charge in [-0.2, -0.15) is 0 Å². The number of hydrogen-bond acceptors (Lipinski definition) is 4. The Morgan fingerprint density at radius 1 is 1.29 bits per heavy atom. The highest BCUT2D eigenvalue weighted by Crippen LogP contribution is 2.07. The van der Waals surface area contributed by atoms with Crippen LogP contribution in [0.4, 0.5) is 0 Å². The number of aliphatic hydroxyl groups excluding tert-OH is 1.